The fraction of sp³-hybridized carbons (Fsp3) is 0.273. The number of nitrogens with zero attached hydrogens (tertiary/aromatic N) is 1. The van der Waals surface area contributed by atoms with Gasteiger partial charge in [0.1, 0.15) is 5.54 Å². The highest BCUT2D eigenvalue weighted by atomic mass is 32.2. The number of fused-ring (bicyclic) bond motifs is 1. The molecule has 4 rings (SSSR count). The molecule has 1 saturated heterocycles. The predicted octanol–water partition coefficient (Wildman–Crippen LogP) is 2.71. The van der Waals surface area contributed by atoms with E-state index in [-0.39, 0.29) is 11.5 Å². The van der Waals surface area contributed by atoms with Crippen LogP contribution in [0.3, 0.4) is 0 Å². The largest absolute Gasteiger partial charge is 0.344 e. The molecule has 1 atom stereocenters. The molecule has 31 heavy (non-hydrogen) atoms. The molecule has 0 unspecified atom stereocenters. The van der Waals surface area contributed by atoms with Crippen LogP contribution in [0, 0.1) is 0 Å². The Morgan fingerprint density at radius 2 is 1.94 bits per heavy atom. The molecule has 5 amide bonds. The first-order chi connectivity index (χ1) is 14.9. The minimum Gasteiger partial charge on any atom is -0.325 e. The molecule has 0 radical (unpaired) electrons. The average Bonchev–Trinajstić information content (AvgIpc) is 2.88. The van der Waals surface area contributed by atoms with Gasteiger partial charge in [0, 0.05) is 22.6 Å². The van der Waals surface area contributed by atoms with Crippen LogP contribution in [0.2, 0.25) is 0 Å². The van der Waals surface area contributed by atoms with Crippen molar-refractivity contribution in [3.63, 3.8) is 0 Å². The summed E-state index contributed by atoms with van der Waals surface area (Å²) in [4.78, 5) is 50.7. The molecule has 0 spiro atoms. The molecular weight excluding hydrogens is 416 g/mol. The van der Waals surface area contributed by atoms with Gasteiger partial charge in [-0.1, -0.05) is 30.3 Å². The molecular formula is C22H22N4O4S. The van der Waals surface area contributed by atoms with Crippen molar-refractivity contribution in [2.75, 3.05) is 11.1 Å². The van der Waals surface area contributed by atoms with Crippen molar-refractivity contribution in [3.05, 3.63) is 59.7 Å². The van der Waals surface area contributed by atoms with E-state index in [0.29, 0.717) is 30.7 Å². The van der Waals surface area contributed by atoms with Gasteiger partial charge in [-0.25, -0.2) is 4.79 Å². The highest BCUT2D eigenvalue weighted by Gasteiger charge is 2.48. The molecule has 1 fully saturated rings. The van der Waals surface area contributed by atoms with Gasteiger partial charge >= 0.3 is 6.03 Å². The van der Waals surface area contributed by atoms with Crippen LogP contribution in [0.15, 0.2) is 53.4 Å². The van der Waals surface area contributed by atoms with Gasteiger partial charge in [0.25, 0.3) is 11.8 Å². The first kappa shape index (κ1) is 20.9. The standard InChI is InChI=1S/C22H22N4O4S/c1-22(11-9-14-5-3-2-4-6-14)20(29)26(21(30)24-22)25-19(28)15-7-8-17-16(13-15)23-18(27)10-12-31-17/h2-8,13H,9-12H2,1H3,(H,23,27)(H,24,30)(H,25,28)/t22-/m0/s1. The van der Waals surface area contributed by atoms with Crippen molar-refractivity contribution in [2.24, 2.45) is 0 Å². The number of amides is 5. The van der Waals surface area contributed by atoms with Crippen LogP contribution < -0.4 is 16.1 Å². The smallest absolute Gasteiger partial charge is 0.325 e. The van der Waals surface area contributed by atoms with E-state index >= 15 is 0 Å². The Balaban J connectivity index is 1.45. The van der Waals surface area contributed by atoms with Crippen LogP contribution in [0.5, 0.6) is 0 Å². The van der Waals surface area contributed by atoms with Crippen molar-refractivity contribution in [1.82, 2.24) is 15.8 Å². The number of carbonyl (C=O) groups is 4. The number of imide groups is 1. The van der Waals surface area contributed by atoms with Crippen LogP contribution in [0.25, 0.3) is 0 Å². The molecule has 0 aromatic heterocycles. The SMILES string of the molecule is C[C@@]1(CCc2ccccc2)NC(=O)N(NC(=O)c2ccc3c(c2)NC(=O)CCS3)C1=O. The van der Waals surface area contributed by atoms with Gasteiger partial charge in [0.15, 0.2) is 0 Å². The molecule has 2 aliphatic rings. The highest BCUT2D eigenvalue weighted by Crippen LogP contribution is 2.31. The Morgan fingerprint density at radius 3 is 2.71 bits per heavy atom. The van der Waals surface area contributed by atoms with Gasteiger partial charge in [-0.3, -0.25) is 19.8 Å². The number of hydrazine groups is 1. The zero-order chi connectivity index (χ0) is 22.0. The molecule has 160 valence electrons. The number of benzene rings is 2. The number of carbonyl (C=O) groups excluding carboxylic acids is 4. The van der Waals surface area contributed by atoms with Crippen molar-refractivity contribution in [2.45, 2.75) is 36.6 Å². The third kappa shape index (κ3) is 4.41. The van der Waals surface area contributed by atoms with Crippen LogP contribution in [-0.2, 0) is 16.0 Å². The molecule has 3 N–H and O–H groups in total. The second-order valence-corrected chi connectivity index (χ2v) is 8.82. The quantitative estimate of drug-likeness (QED) is 0.622. The number of hydrogen-bond donors (Lipinski definition) is 3. The Bertz CT molecular complexity index is 1060. The van der Waals surface area contributed by atoms with Crippen molar-refractivity contribution in [3.8, 4) is 0 Å². The van der Waals surface area contributed by atoms with Crippen LogP contribution in [0.4, 0.5) is 10.5 Å². The van der Waals surface area contributed by atoms with E-state index in [1.54, 1.807) is 25.1 Å². The maximum absolute atomic E-state index is 12.9. The molecule has 0 saturated carbocycles. The number of rotatable bonds is 5. The topological polar surface area (TPSA) is 108 Å². The molecule has 2 aromatic carbocycles. The summed E-state index contributed by atoms with van der Waals surface area (Å²) in [6.07, 6.45) is 1.40. The predicted molar refractivity (Wildman–Crippen MR) is 116 cm³/mol. The summed E-state index contributed by atoms with van der Waals surface area (Å²) in [5.74, 6) is -0.580. The van der Waals surface area contributed by atoms with Gasteiger partial charge in [0.05, 0.1) is 5.69 Å². The van der Waals surface area contributed by atoms with Crippen LogP contribution in [0.1, 0.15) is 35.7 Å². The summed E-state index contributed by atoms with van der Waals surface area (Å²) in [6.45, 7) is 1.65. The van der Waals surface area contributed by atoms with Crippen molar-refractivity contribution >= 4 is 41.2 Å². The van der Waals surface area contributed by atoms with E-state index in [1.165, 1.54) is 11.8 Å². The van der Waals surface area contributed by atoms with E-state index in [2.05, 4.69) is 16.1 Å². The molecule has 0 bridgehead atoms. The third-order valence-corrected chi connectivity index (χ3v) is 6.41. The first-order valence-corrected chi connectivity index (χ1v) is 10.9. The number of aryl methyl sites for hydroxylation is 1. The minimum absolute atomic E-state index is 0.118. The molecule has 2 heterocycles. The normalized spacial score (nSPS) is 20.5. The van der Waals surface area contributed by atoms with E-state index in [0.717, 1.165) is 15.5 Å². The third-order valence-electron chi connectivity index (χ3n) is 5.33. The summed E-state index contributed by atoms with van der Waals surface area (Å²) in [6, 6.07) is 13.9. The number of urea groups is 1. The number of thioether (sulfide) groups is 1. The summed E-state index contributed by atoms with van der Waals surface area (Å²) in [5, 5.41) is 6.19. The van der Waals surface area contributed by atoms with Crippen LogP contribution in [-0.4, -0.2) is 40.1 Å². The van der Waals surface area contributed by atoms with E-state index in [4.69, 9.17) is 0 Å². The maximum Gasteiger partial charge on any atom is 0.344 e. The summed E-state index contributed by atoms with van der Waals surface area (Å²) in [7, 11) is 0. The fourth-order valence-electron chi connectivity index (χ4n) is 3.52. The van der Waals surface area contributed by atoms with Gasteiger partial charge in [0.2, 0.25) is 5.91 Å². The lowest BCUT2D eigenvalue weighted by atomic mass is 9.93. The monoisotopic (exact) mass is 438 g/mol. The maximum atomic E-state index is 12.9. The Morgan fingerprint density at radius 1 is 1.16 bits per heavy atom. The van der Waals surface area contributed by atoms with Gasteiger partial charge < -0.3 is 10.6 Å². The van der Waals surface area contributed by atoms with Crippen molar-refractivity contribution in [1.29, 1.82) is 0 Å². The summed E-state index contributed by atoms with van der Waals surface area (Å²) in [5.41, 5.74) is 3.12. The highest BCUT2D eigenvalue weighted by molar-refractivity contribution is 7.99. The van der Waals surface area contributed by atoms with E-state index in [1.807, 2.05) is 30.3 Å². The molecule has 2 aliphatic heterocycles. The Labute approximate surface area is 183 Å². The second-order valence-electron chi connectivity index (χ2n) is 7.69. The second kappa shape index (κ2) is 8.43. The lowest BCUT2D eigenvalue weighted by molar-refractivity contribution is -0.132. The van der Waals surface area contributed by atoms with Gasteiger partial charge in [-0.15, -0.1) is 11.8 Å². The lowest BCUT2D eigenvalue weighted by Crippen LogP contribution is -2.49. The molecule has 0 aliphatic carbocycles. The summed E-state index contributed by atoms with van der Waals surface area (Å²) >= 11 is 1.53. The molecule has 2 aromatic rings. The zero-order valence-corrected chi connectivity index (χ0v) is 17.8. The average molecular weight is 439 g/mol. The number of anilines is 1. The van der Waals surface area contributed by atoms with Crippen LogP contribution >= 0.6 is 11.8 Å². The Hall–Kier alpha value is -3.33. The van der Waals surface area contributed by atoms with E-state index < -0.39 is 23.4 Å². The minimum atomic E-state index is -1.11. The number of hydrogen-bond acceptors (Lipinski definition) is 5. The van der Waals surface area contributed by atoms with E-state index in [9.17, 15) is 19.2 Å². The lowest BCUT2D eigenvalue weighted by Gasteiger charge is -2.21. The molecule has 9 heteroatoms. The Kier molecular flexibility index (Phi) is 5.69. The summed E-state index contributed by atoms with van der Waals surface area (Å²) < 4.78 is 0. The fourth-order valence-corrected chi connectivity index (χ4v) is 4.46. The zero-order valence-electron chi connectivity index (χ0n) is 16.9. The number of nitrogens with one attached hydrogen (secondary N) is 3. The first-order valence-electron chi connectivity index (χ1n) is 9.94. The van der Waals surface area contributed by atoms with Crippen molar-refractivity contribution < 1.29 is 19.2 Å². The van der Waals surface area contributed by atoms with Gasteiger partial charge in [-0.05, 0) is 43.5 Å². The molecule has 8 nitrogen and oxygen atoms in total. The van der Waals surface area contributed by atoms with Gasteiger partial charge in [-0.2, -0.15) is 5.01 Å².